The van der Waals surface area contributed by atoms with Crippen LogP contribution in [0.25, 0.3) is 0 Å². The number of rotatable bonds is 8. The number of carbonyl (C=O) groups is 1. The number of hydrogen-bond acceptors (Lipinski definition) is 6. The number of methoxy groups -OCH3 is 1. The summed E-state index contributed by atoms with van der Waals surface area (Å²) in [5.41, 5.74) is -0.532. The van der Waals surface area contributed by atoms with Crippen molar-refractivity contribution in [2.45, 2.75) is 51.4 Å². The van der Waals surface area contributed by atoms with Crippen molar-refractivity contribution in [1.82, 2.24) is 4.90 Å². The van der Waals surface area contributed by atoms with Crippen LogP contribution in [-0.4, -0.2) is 60.0 Å². The third kappa shape index (κ3) is 3.98. The second-order valence-corrected chi connectivity index (χ2v) is 8.67. The van der Waals surface area contributed by atoms with Crippen molar-refractivity contribution in [3.05, 3.63) is 23.8 Å². The first-order valence-electron chi connectivity index (χ1n) is 9.60. The fourth-order valence-electron chi connectivity index (χ4n) is 3.93. The van der Waals surface area contributed by atoms with E-state index in [-0.39, 0.29) is 5.92 Å². The molecule has 1 aliphatic carbocycles. The van der Waals surface area contributed by atoms with Crippen LogP contribution in [0.2, 0.25) is 0 Å². The van der Waals surface area contributed by atoms with Gasteiger partial charge in [-0.05, 0) is 50.3 Å². The topological polar surface area (TPSA) is 79.2 Å². The van der Waals surface area contributed by atoms with Crippen molar-refractivity contribution in [2.24, 2.45) is 11.3 Å². The van der Waals surface area contributed by atoms with Crippen LogP contribution < -0.4 is 9.47 Å². The highest BCUT2D eigenvalue weighted by Crippen LogP contribution is 2.51. The predicted molar refractivity (Wildman–Crippen MR) is 102 cm³/mol. The van der Waals surface area contributed by atoms with E-state index >= 15 is 0 Å². The minimum Gasteiger partial charge on any atom is -0.493 e. The molecular formula is C21H31NO5. The fraction of sp³-hybridized carbons (Fsp3) is 0.667. The quantitative estimate of drug-likeness (QED) is 0.676. The lowest BCUT2D eigenvalue weighted by Gasteiger charge is -2.42. The molecule has 27 heavy (non-hydrogen) atoms. The zero-order valence-corrected chi connectivity index (χ0v) is 16.6. The Morgan fingerprint density at radius 1 is 1.37 bits per heavy atom. The van der Waals surface area contributed by atoms with Crippen LogP contribution in [-0.2, 0) is 4.79 Å². The molecule has 2 fully saturated rings. The van der Waals surface area contributed by atoms with Crippen molar-refractivity contribution in [1.29, 1.82) is 0 Å². The first-order valence-corrected chi connectivity index (χ1v) is 9.60. The second kappa shape index (κ2) is 7.41. The summed E-state index contributed by atoms with van der Waals surface area (Å²) in [6.07, 6.45) is 1.78. The molecule has 3 rings (SSSR count). The van der Waals surface area contributed by atoms with Gasteiger partial charge in [0.25, 0.3) is 0 Å². The van der Waals surface area contributed by atoms with E-state index in [0.29, 0.717) is 43.4 Å². The highest BCUT2D eigenvalue weighted by atomic mass is 16.5. The summed E-state index contributed by atoms with van der Waals surface area (Å²) < 4.78 is 11.4. The molecule has 0 spiro atoms. The van der Waals surface area contributed by atoms with Gasteiger partial charge in [-0.15, -0.1) is 0 Å². The number of carbonyl (C=O) groups excluding carboxylic acids is 1. The Balaban J connectivity index is 1.93. The van der Waals surface area contributed by atoms with Crippen LogP contribution in [0, 0.1) is 11.3 Å². The Morgan fingerprint density at radius 3 is 2.63 bits per heavy atom. The largest absolute Gasteiger partial charge is 0.493 e. The summed E-state index contributed by atoms with van der Waals surface area (Å²) in [6, 6.07) is 5.85. The molecule has 2 aliphatic rings. The molecular weight excluding hydrogens is 346 g/mol. The van der Waals surface area contributed by atoms with E-state index < -0.39 is 17.2 Å². The molecule has 6 heteroatoms. The minimum atomic E-state index is -1.17. The van der Waals surface area contributed by atoms with Gasteiger partial charge in [-0.25, -0.2) is 0 Å². The maximum Gasteiger partial charge on any atom is 0.163 e. The summed E-state index contributed by atoms with van der Waals surface area (Å²) in [6.45, 7) is 7.16. The van der Waals surface area contributed by atoms with Gasteiger partial charge >= 0.3 is 0 Å². The number of likely N-dealkylation sites (tertiary alicyclic amines) is 1. The van der Waals surface area contributed by atoms with Crippen molar-refractivity contribution >= 4 is 6.29 Å². The van der Waals surface area contributed by atoms with Crippen LogP contribution in [0.1, 0.15) is 45.1 Å². The molecule has 0 aromatic heterocycles. The maximum absolute atomic E-state index is 11.1. The number of aldehydes is 1. The van der Waals surface area contributed by atoms with Gasteiger partial charge in [0.2, 0.25) is 0 Å². The molecule has 1 heterocycles. The highest BCUT2D eigenvalue weighted by molar-refractivity contribution is 5.55. The molecule has 1 aromatic carbocycles. The lowest BCUT2D eigenvalue weighted by Crippen LogP contribution is -2.47. The molecule has 1 saturated heterocycles. The average molecular weight is 377 g/mol. The van der Waals surface area contributed by atoms with Crippen molar-refractivity contribution in [3.8, 4) is 11.5 Å². The first-order chi connectivity index (χ1) is 12.7. The van der Waals surface area contributed by atoms with E-state index in [4.69, 9.17) is 9.47 Å². The van der Waals surface area contributed by atoms with E-state index in [9.17, 15) is 15.0 Å². The zero-order valence-electron chi connectivity index (χ0n) is 16.6. The van der Waals surface area contributed by atoms with Gasteiger partial charge in [0.05, 0.1) is 19.3 Å². The summed E-state index contributed by atoms with van der Waals surface area (Å²) >= 11 is 0. The standard InChI is InChI=1S/C21H31NO5/c1-20(2,25)21(3)13-22(19(24)11-23)10-16(21)15-7-8-17(26-4)18(9-15)27-12-14-5-6-14/h7-9,11,14,16,19,24-25H,5-6,10,12-13H2,1-4H3. The zero-order chi connectivity index (χ0) is 19.8. The van der Waals surface area contributed by atoms with Gasteiger partial charge in [-0.3, -0.25) is 9.69 Å². The summed E-state index contributed by atoms with van der Waals surface area (Å²) in [5, 5.41) is 20.9. The average Bonchev–Trinajstić information content (AvgIpc) is 3.39. The molecule has 1 saturated carbocycles. The second-order valence-electron chi connectivity index (χ2n) is 8.67. The molecule has 3 atom stereocenters. The van der Waals surface area contributed by atoms with Gasteiger partial charge in [0.15, 0.2) is 24.0 Å². The Kier molecular flexibility index (Phi) is 5.52. The number of nitrogens with zero attached hydrogens (tertiary/aromatic N) is 1. The summed E-state index contributed by atoms with van der Waals surface area (Å²) in [5.74, 6) is 1.95. The van der Waals surface area contributed by atoms with Crippen LogP contribution >= 0.6 is 0 Å². The lowest BCUT2D eigenvalue weighted by atomic mass is 9.66. The number of hydrogen-bond donors (Lipinski definition) is 2. The third-order valence-electron chi connectivity index (χ3n) is 6.37. The Hall–Kier alpha value is -1.63. The van der Waals surface area contributed by atoms with Gasteiger partial charge in [0, 0.05) is 24.4 Å². The third-order valence-corrected chi connectivity index (χ3v) is 6.37. The van der Waals surface area contributed by atoms with Gasteiger partial charge in [-0.1, -0.05) is 13.0 Å². The monoisotopic (exact) mass is 377 g/mol. The molecule has 3 unspecified atom stereocenters. The van der Waals surface area contributed by atoms with Crippen molar-refractivity contribution < 1.29 is 24.5 Å². The predicted octanol–water partition coefficient (Wildman–Crippen LogP) is 2.18. The van der Waals surface area contributed by atoms with Crippen LogP contribution in [0.15, 0.2) is 18.2 Å². The lowest BCUT2D eigenvalue weighted by molar-refractivity contribution is -0.124. The summed E-state index contributed by atoms with van der Waals surface area (Å²) in [4.78, 5) is 12.8. The van der Waals surface area contributed by atoms with E-state index in [2.05, 4.69) is 0 Å². The minimum absolute atomic E-state index is 0.0683. The normalized spacial score (nSPS) is 27.4. The molecule has 150 valence electrons. The van der Waals surface area contributed by atoms with Crippen molar-refractivity contribution in [2.75, 3.05) is 26.8 Å². The Morgan fingerprint density at radius 2 is 2.07 bits per heavy atom. The molecule has 0 amide bonds. The summed E-state index contributed by atoms with van der Waals surface area (Å²) in [7, 11) is 1.62. The molecule has 2 N–H and O–H groups in total. The highest BCUT2D eigenvalue weighted by Gasteiger charge is 2.53. The van der Waals surface area contributed by atoms with E-state index in [1.807, 2.05) is 25.1 Å². The van der Waals surface area contributed by atoms with Crippen LogP contribution in [0.5, 0.6) is 11.5 Å². The molecule has 1 aromatic rings. The first kappa shape index (κ1) is 20.1. The smallest absolute Gasteiger partial charge is 0.163 e. The van der Waals surface area contributed by atoms with E-state index in [1.54, 1.807) is 25.9 Å². The van der Waals surface area contributed by atoms with E-state index in [1.165, 1.54) is 12.8 Å². The number of aliphatic hydroxyl groups excluding tert-OH is 1. The van der Waals surface area contributed by atoms with Crippen molar-refractivity contribution in [3.63, 3.8) is 0 Å². The molecule has 0 radical (unpaired) electrons. The molecule has 1 aliphatic heterocycles. The van der Waals surface area contributed by atoms with E-state index in [0.717, 1.165) is 5.56 Å². The Bertz CT molecular complexity index is 682. The SMILES string of the molecule is COc1ccc(C2CN(C(O)C=O)CC2(C)C(C)(C)O)cc1OCC1CC1. The number of aliphatic hydroxyl groups is 2. The number of ether oxygens (including phenoxy) is 2. The molecule has 0 bridgehead atoms. The molecule has 6 nitrogen and oxygen atoms in total. The van der Waals surface area contributed by atoms with Crippen LogP contribution in [0.4, 0.5) is 0 Å². The Labute approximate surface area is 161 Å². The van der Waals surface area contributed by atoms with Crippen LogP contribution in [0.3, 0.4) is 0 Å². The van der Waals surface area contributed by atoms with Gasteiger partial charge in [-0.2, -0.15) is 0 Å². The number of benzene rings is 1. The van der Waals surface area contributed by atoms with Gasteiger partial charge in [0.1, 0.15) is 0 Å². The van der Waals surface area contributed by atoms with Gasteiger partial charge < -0.3 is 19.7 Å². The maximum atomic E-state index is 11.1. The fourth-order valence-corrected chi connectivity index (χ4v) is 3.93.